The van der Waals surface area contributed by atoms with Gasteiger partial charge in [-0.1, -0.05) is 24.6 Å². The number of nitrogens with zero attached hydrogens (tertiary/aromatic N) is 4. The maximum Gasteiger partial charge on any atom is 0.407 e. The lowest BCUT2D eigenvalue weighted by Gasteiger charge is -2.41. The second-order valence-electron chi connectivity index (χ2n) is 13.4. The second kappa shape index (κ2) is 12.8. The number of aryl methyl sites for hydroxylation is 1. The van der Waals surface area contributed by atoms with E-state index in [1.165, 1.54) is 24.9 Å². The SMILES string of the molecule is CNC(=O)OC1(C(=O)N(CC2CCC(c3ccc4c(c3)c(F)nn4C)CC2)c2cccc(-c3cnc(C4CC4)s3)c2)CCCCC1. The predicted octanol–water partition coefficient (Wildman–Crippen LogP) is 8.08. The van der Waals surface area contributed by atoms with Crippen molar-refractivity contribution in [3.8, 4) is 10.4 Å². The van der Waals surface area contributed by atoms with Gasteiger partial charge in [-0.15, -0.1) is 16.4 Å². The van der Waals surface area contributed by atoms with Gasteiger partial charge < -0.3 is 15.0 Å². The number of nitrogens with one attached hydrogen (secondary N) is 1. The first kappa shape index (κ1) is 30.8. The Kier molecular flexibility index (Phi) is 8.57. The molecule has 0 radical (unpaired) electrons. The molecule has 2 heterocycles. The van der Waals surface area contributed by atoms with E-state index in [4.69, 9.17) is 4.74 Å². The van der Waals surface area contributed by atoms with E-state index in [2.05, 4.69) is 33.6 Å². The molecule has 0 bridgehead atoms. The average Bonchev–Trinajstić information content (AvgIpc) is 3.75. The van der Waals surface area contributed by atoms with Gasteiger partial charge in [-0.2, -0.15) is 4.39 Å². The maximum atomic E-state index is 14.7. The standard InChI is InChI=1S/C36H42FN5O3S/c1-38-35(44)45-36(17-4-3-5-18-36)34(43)42(28-8-6-7-27(19-28)31-21-39-33(46-31)25-13-14-25)22-23-9-11-24(12-10-23)26-15-16-30-29(20-26)32(37)40-41(30)2/h6-8,15-16,19-21,23-25H,3-5,9-14,17-18,22H2,1-2H3,(H,38,44). The summed E-state index contributed by atoms with van der Waals surface area (Å²) in [6.07, 6.45) is 11.4. The molecule has 1 N–H and O–H groups in total. The van der Waals surface area contributed by atoms with Crippen LogP contribution in [0.15, 0.2) is 48.7 Å². The number of anilines is 1. The van der Waals surface area contributed by atoms with Gasteiger partial charge in [0.2, 0.25) is 5.95 Å². The number of fused-ring (bicyclic) bond motifs is 1. The van der Waals surface area contributed by atoms with E-state index < -0.39 is 17.6 Å². The Morgan fingerprint density at radius 3 is 2.54 bits per heavy atom. The number of carbonyl (C=O) groups is 2. The third-order valence-corrected chi connectivity index (χ3v) is 11.5. The zero-order valence-corrected chi connectivity index (χ0v) is 27.5. The van der Waals surface area contributed by atoms with E-state index in [1.54, 1.807) is 23.1 Å². The number of benzene rings is 2. The van der Waals surface area contributed by atoms with Gasteiger partial charge in [0.1, 0.15) is 0 Å². The molecule has 2 aromatic heterocycles. The fourth-order valence-corrected chi connectivity index (χ4v) is 8.54. The van der Waals surface area contributed by atoms with Gasteiger partial charge in [-0.05, 0) is 111 Å². The molecule has 242 valence electrons. The third-order valence-electron chi connectivity index (χ3n) is 10.3. The van der Waals surface area contributed by atoms with Crippen LogP contribution in [-0.4, -0.2) is 46.0 Å². The van der Waals surface area contributed by atoms with Crippen LogP contribution in [-0.2, 0) is 16.6 Å². The van der Waals surface area contributed by atoms with E-state index in [0.717, 1.165) is 72.2 Å². The van der Waals surface area contributed by atoms with Crippen LogP contribution in [0.2, 0.25) is 0 Å². The van der Waals surface area contributed by atoms with Crippen LogP contribution in [0.25, 0.3) is 21.3 Å². The largest absolute Gasteiger partial charge is 0.433 e. The second-order valence-corrected chi connectivity index (χ2v) is 14.5. The molecule has 3 aliphatic carbocycles. The van der Waals surface area contributed by atoms with Gasteiger partial charge in [0.25, 0.3) is 5.91 Å². The van der Waals surface area contributed by atoms with E-state index in [0.29, 0.717) is 36.6 Å². The Balaban J connectivity index is 1.15. The molecule has 46 heavy (non-hydrogen) atoms. The first-order valence-electron chi connectivity index (χ1n) is 16.7. The molecule has 8 nitrogen and oxygen atoms in total. The predicted molar refractivity (Wildman–Crippen MR) is 179 cm³/mol. The molecule has 3 saturated carbocycles. The molecule has 0 spiro atoms. The first-order chi connectivity index (χ1) is 22.3. The number of amides is 2. The van der Waals surface area contributed by atoms with Crippen molar-refractivity contribution in [3.63, 3.8) is 0 Å². The van der Waals surface area contributed by atoms with Crippen molar-refractivity contribution in [2.24, 2.45) is 13.0 Å². The molecule has 7 rings (SSSR count). The minimum Gasteiger partial charge on any atom is -0.433 e. The van der Waals surface area contributed by atoms with Gasteiger partial charge >= 0.3 is 6.09 Å². The fraction of sp³-hybridized carbons (Fsp3) is 0.500. The highest BCUT2D eigenvalue weighted by Crippen LogP contribution is 2.44. The quantitative estimate of drug-likeness (QED) is 0.210. The Morgan fingerprint density at radius 1 is 1.04 bits per heavy atom. The number of carbonyl (C=O) groups excluding carboxylic acids is 2. The molecule has 3 aliphatic rings. The molecule has 4 aromatic rings. The lowest BCUT2D eigenvalue weighted by molar-refractivity contribution is -0.140. The highest BCUT2D eigenvalue weighted by Gasteiger charge is 2.46. The molecular weight excluding hydrogens is 601 g/mol. The maximum absolute atomic E-state index is 14.7. The summed E-state index contributed by atoms with van der Waals surface area (Å²) in [5.74, 6) is 0.653. The molecule has 3 fully saturated rings. The Labute approximate surface area is 273 Å². The minimum absolute atomic E-state index is 0.129. The molecule has 0 saturated heterocycles. The zero-order valence-electron chi connectivity index (χ0n) is 26.6. The molecule has 0 atom stereocenters. The van der Waals surface area contributed by atoms with Crippen molar-refractivity contribution in [1.29, 1.82) is 0 Å². The summed E-state index contributed by atoms with van der Waals surface area (Å²) in [6.45, 7) is 0.556. The Hall–Kier alpha value is -3.79. The average molecular weight is 644 g/mol. The molecule has 2 aromatic carbocycles. The third kappa shape index (κ3) is 6.16. The van der Waals surface area contributed by atoms with Gasteiger partial charge in [-0.3, -0.25) is 9.48 Å². The van der Waals surface area contributed by atoms with Gasteiger partial charge in [0.05, 0.1) is 20.8 Å². The summed E-state index contributed by atoms with van der Waals surface area (Å²) in [6, 6.07) is 14.2. The number of ether oxygens (including phenoxy) is 1. The van der Waals surface area contributed by atoms with Crippen molar-refractivity contribution in [3.05, 3.63) is 65.2 Å². The lowest BCUT2D eigenvalue weighted by Crippen LogP contribution is -2.55. The summed E-state index contributed by atoms with van der Waals surface area (Å²) < 4.78 is 22.0. The fourth-order valence-electron chi connectivity index (χ4n) is 7.46. The first-order valence-corrected chi connectivity index (χ1v) is 17.6. The molecule has 10 heteroatoms. The zero-order chi connectivity index (χ0) is 31.8. The summed E-state index contributed by atoms with van der Waals surface area (Å²) in [7, 11) is 3.30. The normalized spacial score (nSPS) is 21.2. The highest BCUT2D eigenvalue weighted by atomic mass is 32.1. The number of thiazole rings is 1. The van der Waals surface area contributed by atoms with Crippen molar-refractivity contribution in [2.75, 3.05) is 18.5 Å². The topological polar surface area (TPSA) is 89.4 Å². The number of halogens is 1. The highest BCUT2D eigenvalue weighted by molar-refractivity contribution is 7.15. The van der Waals surface area contributed by atoms with Crippen molar-refractivity contribution in [1.82, 2.24) is 20.1 Å². The molecule has 0 unspecified atom stereocenters. The van der Waals surface area contributed by atoms with Crippen LogP contribution < -0.4 is 10.2 Å². The van der Waals surface area contributed by atoms with Crippen LogP contribution >= 0.6 is 11.3 Å². The number of hydrogen-bond acceptors (Lipinski definition) is 6. The monoisotopic (exact) mass is 643 g/mol. The Morgan fingerprint density at radius 2 is 1.80 bits per heavy atom. The summed E-state index contributed by atoms with van der Waals surface area (Å²) in [5, 5.41) is 8.27. The minimum atomic E-state index is -1.18. The summed E-state index contributed by atoms with van der Waals surface area (Å²) in [4.78, 5) is 35.0. The molecular formula is C36H42FN5O3S. The number of rotatable bonds is 8. The van der Waals surface area contributed by atoms with Crippen molar-refractivity contribution >= 4 is 39.9 Å². The van der Waals surface area contributed by atoms with Crippen LogP contribution in [0.5, 0.6) is 0 Å². The van der Waals surface area contributed by atoms with E-state index in [1.807, 2.05) is 35.4 Å². The van der Waals surface area contributed by atoms with Gasteiger partial charge in [0, 0.05) is 38.4 Å². The van der Waals surface area contributed by atoms with E-state index in [9.17, 15) is 14.0 Å². The van der Waals surface area contributed by atoms with Gasteiger partial charge in [0.15, 0.2) is 5.60 Å². The smallest absolute Gasteiger partial charge is 0.407 e. The number of hydrogen-bond donors (Lipinski definition) is 1. The van der Waals surface area contributed by atoms with Crippen molar-refractivity contribution in [2.45, 2.75) is 88.1 Å². The Bertz CT molecular complexity index is 1730. The van der Waals surface area contributed by atoms with Gasteiger partial charge in [-0.25, -0.2) is 9.78 Å². The van der Waals surface area contributed by atoms with E-state index >= 15 is 0 Å². The summed E-state index contributed by atoms with van der Waals surface area (Å²) >= 11 is 1.74. The van der Waals surface area contributed by atoms with E-state index in [-0.39, 0.29) is 11.8 Å². The molecule has 0 aliphatic heterocycles. The van der Waals surface area contributed by atoms with Crippen LogP contribution in [0.3, 0.4) is 0 Å². The lowest BCUT2D eigenvalue weighted by atomic mass is 9.78. The summed E-state index contributed by atoms with van der Waals surface area (Å²) in [5.41, 5.74) is 2.64. The van der Waals surface area contributed by atoms with Crippen LogP contribution in [0, 0.1) is 11.9 Å². The van der Waals surface area contributed by atoms with Crippen molar-refractivity contribution < 1.29 is 18.7 Å². The van der Waals surface area contributed by atoms with Crippen LogP contribution in [0.1, 0.15) is 93.0 Å². The number of aromatic nitrogens is 3. The number of alkyl carbamates (subject to hydrolysis) is 1. The molecule has 2 amide bonds. The van der Waals surface area contributed by atoms with Crippen LogP contribution in [0.4, 0.5) is 14.9 Å².